The van der Waals surface area contributed by atoms with Crippen molar-refractivity contribution in [2.75, 3.05) is 133 Å². The topological polar surface area (TPSA) is 107 Å². The fraction of sp³-hybridized carbons (Fsp3) is 1.00. The number of rotatable bonds is 21. The lowest BCUT2D eigenvalue weighted by Crippen LogP contribution is -2.46. The molecule has 0 amide bonds. The van der Waals surface area contributed by atoms with Crippen LogP contribution in [0.15, 0.2) is 0 Å². The third-order valence-corrected chi connectivity index (χ3v) is 6.46. The monoisotopic (exact) mass is 644 g/mol. The number of aliphatic hydroxyl groups excluding tert-OH is 2. The molecule has 0 aliphatic carbocycles. The molecule has 0 bridgehead atoms. The minimum absolute atomic E-state index is 0.170. The van der Waals surface area contributed by atoms with Gasteiger partial charge in [-0.3, -0.25) is 9.80 Å². The van der Waals surface area contributed by atoms with E-state index in [4.69, 9.17) is 5.73 Å². The standard InChI is InChI=1S/C20H42F6N6O2.C4H11N.C3H9N/c1-4-29(2)11-13-32(16-18(34)20(24,25)26)10-7-28-6-9-30(3)12-14-31(8-5-27)15-17(33)19(21,22)23;1-4-5(2)3;1-3-4-2/h17-18,28,33-34H,4-16,27H2,1-3H3;4H2,1-3H3;4H,3H2,1-2H3. The van der Waals surface area contributed by atoms with Gasteiger partial charge in [0.1, 0.15) is 0 Å². The summed E-state index contributed by atoms with van der Waals surface area (Å²) in [5, 5.41) is 24.7. The fourth-order valence-electron chi connectivity index (χ4n) is 2.99. The van der Waals surface area contributed by atoms with E-state index < -0.39 is 37.7 Å². The fourth-order valence-corrected chi connectivity index (χ4v) is 2.99. The molecule has 43 heavy (non-hydrogen) atoms. The molecule has 0 aliphatic rings. The van der Waals surface area contributed by atoms with Crippen molar-refractivity contribution in [2.45, 2.75) is 45.3 Å². The van der Waals surface area contributed by atoms with Crippen LogP contribution in [0.2, 0.25) is 0 Å². The highest BCUT2D eigenvalue weighted by Crippen LogP contribution is 2.21. The summed E-state index contributed by atoms with van der Waals surface area (Å²) in [6.45, 7) is 12.0. The maximum Gasteiger partial charge on any atom is 0.415 e. The van der Waals surface area contributed by atoms with Crippen LogP contribution >= 0.6 is 0 Å². The minimum atomic E-state index is -4.68. The van der Waals surface area contributed by atoms with E-state index in [1.54, 1.807) is 11.9 Å². The van der Waals surface area contributed by atoms with E-state index in [9.17, 15) is 36.6 Å². The van der Waals surface area contributed by atoms with Gasteiger partial charge in [0, 0.05) is 78.5 Å². The van der Waals surface area contributed by atoms with Gasteiger partial charge >= 0.3 is 12.4 Å². The van der Waals surface area contributed by atoms with Gasteiger partial charge in [-0.1, -0.05) is 20.8 Å². The smallest absolute Gasteiger partial charge is 0.382 e. The van der Waals surface area contributed by atoms with Crippen molar-refractivity contribution >= 4 is 0 Å². The zero-order valence-corrected chi connectivity index (χ0v) is 27.7. The lowest BCUT2D eigenvalue weighted by molar-refractivity contribution is -0.208. The van der Waals surface area contributed by atoms with E-state index in [1.807, 2.05) is 30.8 Å². The van der Waals surface area contributed by atoms with Gasteiger partial charge in [-0.2, -0.15) is 26.3 Å². The Labute approximate surface area is 256 Å². The van der Waals surface area contributed by atoms with E-state index >= 15 is 0 Å². The van der Waals surface area contributed by atoms with Crippen LogP contribution in [0.3, 0.4) is 0 Å². The molecule has 0 aromatic carbocycles. The van der Waals surface area contributed by atoms with E-state index in [0.29, 0.717) is 52.4 Å². The summed E-state index contributed by atoms with van der Waals surface area (Å²) in [6.07, 6.45) is -14.2. The second-order valence-corrected chi connectivity index (χ2v) is 10.6. The average molecular weight is 645 g/mol. The first-order chi connectivity index (χ1) is 19.9. The van der Waals surface area contributed by atoms with Crippen molar-refractivity contribution in [3.63, 3.8) is 0 Å². The maximum atomic E-state index is 12.7. The molecule has 0 spiro atoms. The molecule has 0 heterocycles. The average Bonchev–Trinajstić information content (AvgIpc) is 2.93. The Morgan fingerprint density at radius 2 is 1.05 bits per heavy atom. The van der Waals surface area contributed by atoms with Crippen molar-refractivity contribution in [2.24, 2.45) is 5.73 Å². The molecule has 2 unspecified atom stereocenters. The van der Waals surface area contributed by atoms with Crippen LogP contribution in [0.1, 0.15) is 20.8 Å². The number of hydrogen-bond donors (Lipinski definition) is 5. The summed E-state index contributed by atoms with van der Waals surface area (Å²) in [5.41, 5.74) is 5.45. The quantitative estimate of drug-likeness (QED) is 0.0905. The molecule has 264 valence electrons. The summed E-state index contributed by atoms with van der Waals surface area (Å²) >= 11 is 0. The highest BCUT2D eigenvalue weighted by molar-refractivity contribution is 4.74. The number of aliphatic hydroxyl groups is 2. The molecule has 0 radical (unpaired) electrons. The molecule has 0 aromatic heterocycles. The molecule has 0 aromatic rings. The van der Waals surface area contributed by atoms with Gasteiger partial charge in [-0.15, -0.1) is 0 Å². The number of halogens is 6. The molecule has 0 fully saturated rings. The first-order valence-corrected chi connectivity index (χ1v) is 14.9. The molecular formula is C27H62F6N8O2. The Hall–Kier alpha value is -0.820. The second-order valence-electron chi connectivity index (χ2n) is 10.6. The zero-order valence-electron chi connectivity index (χ0n) is 27.7. The summed E-state index contributed by atoms with van der Waals surface area (Å²) < 4.78 is 75.9. The molecule has 0 saturated heterocycles. The Kier molecular flexibility index (Phi) is 29.8. The van der Waals surface area contributed by atoms with Crippen LogP contribution < -0.4 is 16.4 Å². The summed E-state index contributed by atoms with van der Waals surface area (Å²) in [7, 11) is 9.71. The van der Waals surface area contributed by atoms with E-state index in [-0.39, 0.29) is 13.1 Å². The van der Waals surface area contributed by atoms with E-state index in [1.165, 1.54) is 4.90 Å². The number of nitrogens with zero attached hydrogens (tertiary/aromatic N) is 5. The molecule has 2 atom stereocenters. The van der Waals surface area contributed by atoms with Gasteiger partial charge in [0.25, 0.3) is 0 Å². The Bertz CT molecular complexity index is 605. The number of likely N-dealkylation sites (N-methyl/N-ethyl adjacent to an activating group) is 2. The van der Waals surface area contributed by atoms with Crippen LogP contribution in [0.4, 0.5) is 26.3 Å². The van der Waals surface area contributed by atoms with Crippen molar-refractivity contribution in [1.82, 2.24) is 35.1 Å². The lowest BCUT2D eigenvalue weighted by Gasteiger charge is -2.28. The Morgan fingerprint density at radius 1 is 0.651 bits per heavy atom. The van der Waals surface area contributed by atoms with Crippen LogP contribution in [0.25, 0.3) is 0 Å². The van der Waals surface area contributed by atoms with Gasteiger partial charge in [0.2, 0.25) is 0 Å². The zero-order chi connectivity index (χ0) is 34.1. The largest absolute Gasteiger partial charge is 0.415 e. The molecule has 0 saturated carbocycles. The van der Waals surface area contributed by atoms with Crippen LogP contribution in [0.5, 0.6) is 0 Å². The van der Waals surface area contributed by atoms with Gasteiger partial charge < -0.3 is 41.3 Å². The number of nitrogens with one attached hydrogen (secondary N) is 2. The Morgan fingerprint density at radius 3 is 1.40 bits per heavy atom. The predicted octanol–water partition coefficient (Wildman–Crippen LogP) is 0.662. The van der Waals surface area contributed by atoms with Gasteiger partial charge in [0.15, 0.2) is 12.2 Å². The lowest BCUT2D eigenvalue weighted by atomic mass is 10.3. The number of hydrogen-bond acceptors (Lipinski definition) is 10. The molecule has 0 rings (SSSR count). The minimum Gasteiger partial charge on any atom is -0.382 e. The van der Waals surface area contributed by atoms with E-state index in [0.717, 1.165) is 19.6 Å². The van der Waals surface area contributed by atoms with Crippen molar-refractivity contribution in [3.8, 4) is 0 Å². The predicted molar refractivity (Wildman–Crippen MR) is 163 cm³/mol. The van der Waals surface area contributed by atoms with Crippen LogP contribution in [-0.2, 0) is 0 Å². The van der Waals surface area contributed by atoms with Crippen molar-refractivity contribution in [1.29, 1.82) is 0 Å². The molecule has 6 N–H and O–H groups in total. The van der Waals surface area contributed by atoms with E-state index in [2.05, 4.69) is 43.5 Å². The van der Waals surface area contributed by atoms with Crippen LogP contribution in [0, 0.1) is 0 Å². The molecular weight excluding hydrogens is 582 g/mol. The highest BCUT2D eigenvalue weighted by Gasteiger charge is 2.39. The Balaban J connectivity index is -0.00000154. The maximum absolute atomic E-state index is 12.7. The van der Waals surface area contributed by atoms with Crippen molar-refractivity contribution < 1.29 is 36.6 Å². The van der Waals surface area contributed by atoms with Gasteiger partial charge in [-0.25, -0.2) is 0 Å². The molecule has 10 nitrogen and oxygen atoms in total. The summed E-state index contributed by atoms with van der Waals surface area (Å²) in [4.78, 5) is 9.02. The third-order valence-electron chi connectivity index (χ3n) is 6.46. The van der Waals surface area contributed by atoms with Gasteiger partial charge in [-0.05, 0) is 54.9 Å². The summed E-state index contributed by atoms with van der Waals surface area (Å²) in [5.74, 6) is 0. The van der Waals surface area contributed by atoms with Crippen molar-refractivity contribution in [3.05, 3.63) is 0 Å². The first-order valence-electron chi connectivity index (χ1n) is 14.9. The molecule has 0 aliphatic heterocycles. The molecule has 16 heteroatoms. The number of alkyl halides is 6. The first kappa shape index (κ1) is 46.6. The van der Waals surface area contributed by atoms with Crippen LogP contribution in [-0.4, -0.2) is 193 Å². The highest BCUT2D eigenvalue weighted by atomic mass is 19.4. The third kappa shape index (κ3) is 31.0. The second kappa shape index (κ2) is 27.5. The summed E-state index contributed by atoms with van der Waals surface area (Å²) in [6, 6.07) is 0. The normalized spacial score (nSPS) is 13.8. The number of nitrogens with two attached hydrogens (primary N) is 1. The SMILES string of the molecule is CCN(C)C.CCN(C)CCN(CCNCCN(C)CCN(CCN)CC(O)C(F)(F)F)CC(O)C(F)(F)F.CCNC. The van der Waals surface area contributed by atoms with Gasteiger partial charge in [0.05, 0.1) is 0 Å².